The molecule has 1 unspecified atom stereocenters. The van der Waals surface area contributed by atoms with Crippen molar-refractivity contribution in [1.82, 2.24) is 4.98 Å². The zero-order chi connectivity index (χ0) is 27.1. The molecule has 0 bridgehead atoms. The molecule has 3 rings (SSSR count). The average molecular weight is 508 g/mol. The predicted octanol–water partition coefficient (Wildman–Crippen LogP) is 7.60. The van der Waals surface area contributed by atoms with Crippen molar-refractivity contribution < 1.29 is 14.7 Å². The Balaban J connectivity index is 0.00000145. The van der Waals surface area contributed by atoms with Gasteiger partial charge in [-0.1, -0.05) is 71.0 Å². The minimum Gasteiger partial charge on any atom is -0.393 e. The first-order valence-corrected chi connectivity index (χ1v) is 13.6. The smallest absolute Gasteiger partial charge is 0.373 e. The number of aliphatic hydroxyl groups excluding tert-OH is 1. The Morgan fingerprint density at radius 2 is 1.50 bits per heavy atom. The lowest BCUT2D eigenvalue weighted by Gasteiger charge is -2.34. The number of hydrogen-bond acceptors (Lipinski definition) is 5. The van der Waals surface area contributed by atoms with Gasteiger partial charge in [-0.25, -0.2) is 4.98 Å². The van der Waals surface area contributed by atoms with E-state index < -0.39 is 0 Å². The number of aromatic nitrogens is 1. The van der Waals surface area contributed by atoms with Gasteiger partial charge in [-0.2, -0.15) is 9.59 Å². The van der Waals surface area contributed by atoms with Crippen LogP contribution in [0.25, 0.3) is 10.6 Å². The summed E-state index contributed by atoms with van der Waals surface area (Å²) in [4.78, 5) is 20.9. The Morgan fingerprint density at radius 1 is 0.944 bits per heavy atom. The van der Waals surface area contributed by atoms with Crippen molar-refractivity contribution in [2.45, 2.75) is 92.6 Å². The number of aliphatic hydroxyl groups is 1. The van der Waals surface area contributed by atoms with Gasteiger partial charge in [-0.3, -0.25) is 0 Å². The fourth-order valence-electron chi connectivity index (χ4n) is 4.91. The van der Waals surface area contributed by atoms with E-state index in [4.69, 9.17) is 14.6 Å². The molecule has 0 aliphatic heterocycles. The first kappa shape index (κ1) is 29.6. The second kappa shape index (κ2) is 12.6. The maximum Gasteiger partial charge on any atom is 0.373 e. The van der Waals surface area contributed by atoms with E-state index in [9.17, 15) is 5.11 Å². The molecule has 3 aromatic rings. The molecule has 5 heteroatoms. The molecule has 1 aromatic heterocycles. The van der Waals surface area contributed by atoms with Gasteiger partial charge < -0.3 is 5.11 Å². The Hall–Kier alpha value is -2.59. The number of aryl methyl sites for hydroxylation is 4. The SMILES string of the molecule is CCC(CC)(c1ccc(CCC(O)C(C)(C)C)c(C)c1)c1ccc(-c2nc(C)cs2)c(C)c1.O=C=O. The minimum absolute atomic E-state index is 0.00367. The van der Waals surface area contributed by atoms with Gasteiger partial charge in [0.15, 0.2) is 0 Å². The molecule has 1 N–H and O–H groups in total. The summed E-state index contributed by atoms with van der Waals surface area (Å²) in [6.45, 7) is 17.4. The molecule has 0 fully saturated rings. The Morgan fingerprint density at radius 3 is 1.94 bits per heavy atom. The van der Waals surface area contributed by atoms with E-state index in [2.05, 4.69) is 97.2 Å². The van der Waals surface area contributed by atoms with Crippen LogP contribution >= 0.6 is 11.3 Å². The molecule has 0 aliphatic carbocycles. The maximum atomic E-state index is 10.5. The lowest BCUT2D eigenvalue weighted by molar-refractivity contribution is -0.191. The van der Waals surface area contributed by atoms with Crippen molar-refractivity contribution in [3.8, 4) is 10.6 Å². The van der Waals surface area contributed by atoms with Gasteiger partial charge in [0.2, 0.25) is 0 Å². The molecule has 0 amide bonds. The number of thiazole rings is 1. The molecule has 0 saturated heterocycles. The molecule has 194 valence electrons. The lowest BCUT2D eigenvalue weighted by atomic mass is 9.69. The zero-order valence-corrected chi connectivity index (χ0v) is 23.9. The highest BCUT2D eigenvalue weighted by molar-refractivity contribution is 7.13. The highest BCUT2D eigenvalue weighted by Gasteiger charge is 2.31. The molecule has 1 heterocycles. The quantitative estimate of drug-likeness (QED) is 0.341. The van der Waals surface area contributed by atoms with Gasteiger partial charge in [-0.15, -0.1) is 11.3 Å². The molecule has 0 saturated carbocycles. The summed E-state index contributed by atoms with van der Waals surface area (Å²) in [6.07, 6.45) is 3.79. The van der Waals surface area contributed by atoms with Crippen LogP contribution in [-0.4, -0.2) is 22.3 Å². The number of hydrogen-bond donors (Lipinski definition) is 1. The molecular formula is C31H41NO3S. The maximum absolute atomic E-state index is 10.5. The number of benzene rings is 2. The number of rotatable bonds is 8. The Kier molecular flexibility index (Phi) is 10.4. The molecule has 0 aliphatic rings. The molecule has 36 heavy (non-hydrogen) atoms. The third-order valence-corrected chi connectivity index (χ3v) is 8.41. The normalized spacial score (nSPS) is 12.5. The number of nitrogens with zero attached hydrogens (tertiary/aromatic N) is 1. The van der Waals surface area contributed by atoms with Gasteiger partial charge in [0.25, 0.3) is 0 Å². The van der Waals surface area contributed by atoms with E-state index in [-0.39, 0.29) is 23.1 Å². The van der Waals surface area contributed by atoms with Crippen LogP contribution in [0, 0.1) is 26.2 Å². The monoisotopic (exact) mass is 507 g/mol. The summed E-state index contributed by atoms with van der Waals surface area (Å²) in [5, 5.41) is 13.7. The fourth-order valence-corrected chi connectivity index (χ4v) is 5.80. The van der Waals surface area contributed by atoms with E-state index in [1.807, 2.05) is 0 Å². The van der Waals surface area contributed by atoms with Crippen molar-refractivity contribution in [1.29, 1.82) is 0 Å². The third-order valence-electron chi connectivity index (χ3n) is 7.42. The van der Waals surface area contributed by atoms with Crippen molar-refractivity contribution in [3.63, 3.8) is 0 Å². The van der Waals surface area contributed by atoms with Crippen molar-refractivity contribution in [2.75, 3.05) is 0 Å². The molecular weight excluding hydrogens is 466 g/mol. The fraction of sp³-hybridized carbons (Fsp3) is 0.484. The van der Waals surface area contributed by atoms with E-state index in [1.165, 1.54) is 33.4 Å². The summed E-state index contributed by atoms with van der Waals surface area (Å²) < 4.78 is 0. The molecule has 4 nitrogen and oxygen atoms in total. The van der Waals surface area contributed by atoms with Gasteiger partial charge in [0.05, 0.1) is 6.10 Å². The molecule has 0 radical (unpaired) electrons. The lowest BCUT2D eigenvalue weighted by Crippen LogP contribution is -2.27. The second-order valence-electron chi connectivity index (χ2n) is 10.8. The summed E-state index contributed by atoms with van der Waals surface area (Å²) in [5.41, 5.74) is 8.98. The summed E-state index contributed by atoms with van der Waals surface area (Å²) in [7, 11) is 0. The minimum atomic E-state index is -0.287. The van der Waals surface area contributed by atoms with E-state index in [1.54, 1.807) is 11.3 Å². The van der Waals surface area contributed by atoms with Gasteiger partial charge >= 0.3 is 6.15 Å². The largest absolute Gasteiger partial charge is 0.393 e. The van der Waals surface area contributed by atoms with E-state index in [0.717, 1.165) is 36.4 Å². The third kappa shape index (κ3) is 6.79. The first-order chi connectivity index (χ1) is 16.9. The summed E-state index contributed by atoms with van der Waals surface area (Å²) in [5.74, 6) is 0. The predicted molar refractivity (Wildman–Crippen MR) is 148 cm³/mol. The standard InChI is InChI=1S/C30H41NOS.CO2/c1-9-30(10-2,25-14-15-26(21(4)18-25)28-31-22(5)19-33-28)24-13-11-23(20(3)17-24)12-16-27(32)29(6,7)8;2-1-3/h11,13-15,17-19,27,32H,9-10,12,16H2,1-8H3;. The van der Waals surface area contributed by atoms with Crippen LogP contribution in [0.5, 0.6) is 0 Å². The Labute approximate surface area is 220 Å². The van der Waals surface area contributed by atoms with Crippen LogP contribution in [0.3, 0.4) is 0 Å². The highest BCUT2D eigenvalue weighted by Crippen LogP contribution is 2.41. The zero-order valence-electron chi connectivity index (χ0n) is 23.1. The van der Waals surface area contributed by atoms with Gasteiger partial charge in [-0.05, 0) is 79.7 Å². The number of carbonyl (C=O) groups excluding carboxylic acids is 2. The Bertz CT molecular complexity index is 1180. The van der Waals surface area contributed by atoms with E-state index in [0.29, 0.717) is 0 Å². The molecule has 2 aromatic carbocycles. The van der Waals surface area contributed by atoms with Crippen molar-refractivity contribution in [2.24, 2.45) is 5.41 Å². The summed E-state index contributed by atoms with van der Waals surface area (Å²) >= 11 is 1.72. The van der Waals surface area contributed by atoms with Gasteiger partial charge in [0, 0.05) is 22.1 Å². The highest BCUT2D eigenvalue weighted by atomic mass is 32.1. The van der Waals surface area contributed by atoms with Crippen molar-refractivity contribution >= 4 is 17.5 Å². The van der Waals surface area contributed by atoms with Gasteiger partial charge in [0.1, 0.15) is 5.01 Å². The summed E-state index contributed by atoms with van der Waals surface area (Å²) in [6, 6.07) is 14.0. The van der Waals surface area contributed by atoms with Crippen LogP contribution < -0.4 is 0 Å². The van der Waals surface area contributed by atoms with E-state index >= 15 is 0 Å². The van der Waals surface area contributed by atoms with Crippen LogP contribution in [0.4, 0.5) is 0 Å². The average Bonchev–Trinajstić information content (AvgIpc) is 3.25. The van der Waals surface area contributed by atoms with Crippen molar-refractivity contribution in [3.05, 3.63) is 75.3 Å². The molecule has 1 atom stereocenters. The second-order valence-corrected chi connectivity index (χ2v) is 11.6. The van der Waals surface area contributed by atoms with Crippen LogP contribution in [0.15, 0.2) is 41.8 Å². The van der Waals surface area contributed by atoms with Crippen LogP contribution in [0.1, 0.15) is 87.4 Å². The van der Waals surface area contributed by atoms with Crippen LogP contribution in [-0.2, 0) is 21.4 Å². The van der Waals surface area contributed by atoms with Crippen LogP contribution in [0.2, 0.25) is 0 Å². The molecule has 0 spiro atoms. The topological polar surface area (TPSA) is 67.3 Å². The first-order valence-electron chi connectivity index (χ1n) is 12.7.